The highest BCUT2D eigenvalue weighted by Crippen LogP contribution is 2.55. The average molecular weight is 510 g/mol. The van der Waals surface area contributed by atoms with Crippen LogP contribution in [0, 0.1) is 11.8 Å². The second kappa shape index (κ2) is 9.76. The molecule has 4 aliphatic heterocycles. The fourth-order valence-corrected chi connectivity index (χ4v) is 6.90. The molecule has 2 N–H and O–H groups in total. The Balaban J connectivity index is 1.28. The Labute approximate surface area is 216 Å². The smallest absolute Gasteiger partial charge is 0.246 e. The van der Waals surface area contributed by atoms with Crippen LogP contribution in [0.15, 0.2) is 36.4 Å². The molecule has 4 fully saturated rings. The molecule has 198 valence electrons. The first-order chi connectivity index (χ1) is 18.0. The Morgan fingerprint density at radius 2 is 1.86 bits per heavy atom. The van der Waals surface area contributed by atoms with Gasteiger partial charge in [-0.1, -0.05) is 31.4 Å². The van der Waals surface area contributed by atoms with Gasteiger partial charge in [-0.3, -0.25) is 14.4 Å². The Morgan fingerprint density at radius 3 is 2.57 bits per heavy atom. The maximum atomic E-state index is 14.0. The van der Waals surface area contributed by atoms with E-state index in [1.165, 1.54) is 6.42 Å². The lowest BCUT2D eigenvalue weighted by molar-refractivity contribution is -0.143. The average Bonchev–Trinajstić information content (AvgIpc) is 3.68. The summed E-state index contributed by atoms with van der Waals surface area (Å²) in [6.07, 6.45) is 10.1. The van der Waals surface area contributed by atoms with Crippen molar-refractivity contribution in [3.8, 4) is 5.75 Å². The van der Waals surface area contributed by atoms with E-state index in [4.69, 9.17) is 14.2 Å². The van der Waals surface area contributed by atoms with Gasteiger partial charge in [0.15, 0.2) is 0 Å². The van der Waals surface area contributed by atoms with E-state index in [0.717, 1.165) is 38.5 Å². The number of carbonyl (C=O) groups excluding carboxylic acids is 3. The molecular formula is C28H35N3O6. The molecule has 3 amide bonds. The summed E-state index contributed by atoms with van der Waals surface area (Å²) in [7, 11) is 1.58. The van der Waals surface area contributed by atoms with Crippen molar-refractivity contribution in [3.63, 3.8) is 0 Å². The first kappa shape index (κ1) is 24.4. The molecule has 1 aromatic rings. The number of methoxy groups -OCH3 is 1. The van der Waals surface area contributed by atoms with Gasteiger partial charge in [0.05, 0.1) is 31.2 Å². The molecule has 5 aliphatic rings. The van der Waals surface area contributed by atoms with Crippen LogP contribution >= 0.6 is 0 Å². The van der Waals surface area contributed by atoms with Crippen molar-refractivity contribution in [1.82, 2.24) is 10.2 Å². The molecule has 37 heavy (non-hydrogen) atoms. The number of likely N-dealkylation sites (tertiary alicyclic amines) is 1. The third-order valence-electron chi connectivity index (χ3n) is 8.66. The van der Waals surface area contributed by atoms with Crippen molar-refractivity contribution in [1.29, 1.82) is 0 Å². The fourth-order valence-electron chi connectivity index (χ4n) is 6.90. The van der Waals surface area contributed by atoms with Crippen LogP contribution in [0.1, 0.15) is 44.9 Å². The molecule has 1 spiro atoms. The van der Waals surface area contributed by atoms with Crippen molar-refractivity contribution >= 4 is 23.4 Å². The lowest BCUT2D eigenvalue weighted by Gasteiger charge is -2.34. The molecule has 6 rings (SSSR count). The number of anilines is 1. The number of carbonyl (C=O) groups is 3. The van der Waals surface area contributed by atoms with Crippen LogP contribution in [0.3, 0.4) is 0 Å². The molecule has 0 aromatic heterocycles. The van der Waals surface area contributed by atoms with E-state index in [-0.39, 0.29) is 29.9 Å². The monoisotopic (exact) mass is 509 g/mol. The van der Waals surface area contributed by atoms with Crippen LogP contribution in [0.4, 0.5) is 5.69 Å². The number of rotatable bonds is 7. The predicted molar refractivity (Wildman–Crippen MR) is 135 cm³/mol. The number of ether oxygens (including phenoxy) is 3. The van der Waals surface area contributed by atoms with Crippen molar-refractivity contribution in [2.75, 3.05) is 25.6 Å². The van der Waals surface area contributed by atoms with Crippen molar-refractivity contribution in [3.05, 3.63) is 36.4 Å². The normalized spacial score (nSPS) is 34.6. The van der Waals surface area contributed by atoms with Gasteiger partial charge in [-0.25, -0.2) is 0 Å². The van der Waals surface area contributed by atoms with E-state index in [0.29, 0.717) is 24.6 Å². The molecule has 1 saturated carbocycles. The Morgan fingerprint density at radius 1 is 1.08 bits per heavy atom. The van der Waals surface area contributed by atoms with Gasteiger partial charge < -0.3 is 29.7 Å². The molecule has 2 bridgehead atoms. The highest BCUT2D eigenvalue weighted by Gasteiger charge is 2.73. The molecule has 1 aromatic carbocycles. The summed E-state index contributed by atoms with van der Waals surface area (Å²) in [6.45, 7) is 0.986. The van der Waals surface area contributed by atoms with Crippen molar-refractivity contribution in [2.24, 2.45) is 11.8 Å². The van der Waals surface area contributed by atoms with Crippen LogP contribution in [0.25, 0.3) is 0 Å². The maximum Gasteiger partial charge on any atom is 0.246 e. The van der Waals surface area contributed by atoms with Gasteiger partial charge in [0.25, 0.3) is 0 Å². The predicted octanol–water partition coefficient (Wildman–Crippen LogP) is 2.41. The summed E-state index contributed by atoms with van der Waals surface area (Å²) >= 11 is 0. The summed E-state index contributed by atoms with van der Waals surface area (Å²) in [4.78, 5) is 43.0. The SMILES string of the molecule is COc1ccc(NC(=O)[C@H]2[C@H]3C=C[C@]4(O3)[C@H](C(=O)NC3CCCCC3)N(C[C@H]3CCCO3)C(=O)[C@@H]24)cc1. The van der Waals surface area contributed by atoms with Gasteiger partial charge in [0.2, 0.25) is 17.7 Å². The molecule has 9 heteroatoms. The van der Waals surface area contributed by atoms with Gasteiger partial charge in [-0.2, -0.15) is 0 Å². The van der Waals surface area contributed by atoms with Crippen LogP contribution in [0.2, 0.25) is 0 Å². The first-order valence-electron chi connectivity index (χ1n) is 13.5. The van der Waals surface area contributed by atoms with E-state index in [1.54, 1.807) is 36.3 Å². The fraction of sp³-hybridized carbons (Fsp3) is 0.607. The third-order valence-corrected chi connectivity index (χ3v) is 8.66. The number of benzene rings is 1. The minimum atomic E-state index is -1.15. The van der Waals surface area contributed by atoms with Crippen LogP contribution < -0.4 is 15.4 Å². The molecule has 3 saturated heterocycles. The van der Waals surface area contributed by atoms with Gasteiger partial charge in [0, 0.05) is 24.9 Å². The summed E-state index contributed by atoms with van der Waals surface area (Å²) in [5, 5.41) is 6.16. The maximum absolute atomic E-state index is 14.0. The standard InChI is InChI=1S/C28H35N3O6/c1-35-19-11-9-18(10-12-19)29-25(32)22-21-13-14-28(37-21)23(22)27(34)31(16-20-8-5-15-36-20)24(28)26(33)30-17-6-3-2-4-7-17/h9-14,17,20-24H,2-8,15-16H2,1H3,(H,29,32)(H,30,33)/t20-,21-,22+,23-,24+,28-/m1/s1. The van der Waals surface area contributed by atoms with Crippen LogP contribution in [-0.2, 0) is 23.9 Å². The summed E-state index contributed by atoms with van der Waals surface area (Å²) in [6, 6.07) is 6.34. The van der Waals surface area contributed by atoms with E-state index >= 15 is 0 Å². The molecular weight excluding hydrogens is 474 g/mol. The lowest BCUT2D eigenvalue weighted by atomic mass is 9.74. The summed E-state index contributed by atoms with van der Waals surface area (Å²) in [5.74, 6) is -1.48. The van der Waals surface area contributed by atoms with Crippen molar-refractivity contribution in [2.45, 2.75) is 74.8 Å². The van der Waals surface area contributed by atoms with Crippen LogP contribution in [0.5, 0.6) is 5.75 Å². The van der Waals surface area contributed by atoms with Crippen LogP contribution in [-0.4, -0.2) is 72.8 Å². The number of amides is 3. The highest BCUT2D eigenvalue weighted by atomic mass is 16.5. The van der Waals surface area contributed by atoms with E-state index < -0.39 is 29.6 Å². The number of fused-ring (bicyclic) bond motifs is 1. The zero-order valence-corrected chi connectivity index (χ0v) is 21.2. The zero-order valence-electron chi connectivity index (χ0n) is 21.2. The largest absolute Gasteiger partial charge is 0.497 e. The second-order valence-corrected chi connectivity index (χ2v) is 10.9. The quantitative estimate of drug-likeness (QED) is 0.547. The number of nitrogens with zero attached hydrogens (tertiary/aromatic N) is 1. The number of hydrogen-bond acceptors (Lipinski definition) is 6. The second-order valence-electron chi connectivity index (χ2n) is 10.9. The minimum Gasteiger partial charge on any atom is -0.497 e. The zero-order chi connectivity index (χ0) is 25.6. The minimum absolute atomic E-state index is 0.105. The molecule has 9 nitrogen and oxygen atoms in total. The molecule has 6 atom stereocenters. The molecule has 1 aliphatic carbocycles. The lowest BCUT2D eigenvalue weighted by Crippen LogP contribution is -2.57. The topological polar surface area (TPSA) is 106 Å². The van der Waals surface area contributed by atoms with E-state index in [9.17, 15) is 14.4 Å². The van der Waals surface area contributed by atoms with E-state index in [2.05, 4.69) is 10.6 Å². The van der Waals surface area contributed by atoms with Gasteiger partial charge in [0.1, 0.15) is 17.4 Å². The number of hydrogen-bond donors (Lipinski definition) is 2. The molecule has 0 unspecified atom stereocenters. The van der Waals surface area contributed by atoms with Crippen molar-refractivity contribution < 1.29 is 28.6 Å². The molecule has 0 radical (unpaired) electrons. The number of nitrogens with one attached hydrogen (secondary N) is 2. The third kappa shape index (κ3) is 4.22. The summed E-state index contributed by atoms with van der Waals surface area (Å²) in [5.41, 5.74) is -0.541. The Hall–Kier alpha value is -2.91. The van der Waals surface area contributed by atoms with Gasteiger partial charge in [-0.15, -0.1) is 0 Å². The Bertz CT molecular complexity index is 1080. The van der Waals surface area contributed by atoms with Gasteiger partial charge >= 0.3 is 0 Å². The van der Waals surface area contributed by atoms with Gasteiger partial charge in [-0.05, 0) is 49.9 Å². The highest BCUT2D eigenvalue weighted by molar-refractivity contribution is 6.02. The summed E-state index contributed by atoms with van der Waals surface area (Å²) < 4.78 is 17.5. The van der Waals surface area contributed by atoms with E-state index in [1.807, 2.05) is 12.2 Å². The molecule has 4 heterocycles. The Kier molecular flexibility index (Phi) is 6.44. The first-order valence-corrected chi connectivity index (χ1v) is 13.5.